The molecule has 0 aliphatic carbocycles. The first-order valence-electron chi connectivity index (χ1n) is 8.31. The Morgan fingerprint density at radius 2 is 1.80 bits per heavy atom. The van der Waals surface area contributed by atoms with E-state index in [4.69, 9.17) is 11.0 Å². The summed E-state index contributed by atoms with van der Waals surface area (Å²) in [4.78, 5) is 3.61. The number of aryl methyl sites for hydroxylation is 4. The maximum atomic E-state index is 7.41. The van der Waals surface area contributed by atoms with Crippen LogP contribution in [0.15, 0.2) is 47.0 Å². The molecule has 0 aliphatic heterocycles. The van der Waals surface area contributed by atoms with Crippen molar-refractivity contribution in [1.82, 2.24) is 0 Å². The second-order valence-corrected chi connectivity index (χ2v) is 6.63. The molecule has 2 aromatic heterocycles. The predicted octanol–water partition coefficient (Wildman–Crippen LogP) is 5.55. The summed E-state index contributed by atoms with van der Waals surface area (Å²) in [5, 5.41) is 2.08. The lowest BCUT2D eigenvalue weighted by atomic mass is 9.96. The first-order chi connectivity index (χ1) is 12.0. The van der Waals surface area contributed by atoms with Gasteiger partial charge in [-0.05, 0) is 38.0 Å². The number of hydrogen-bond donors (Lipinski definition) is 0. The van der Waals surface area contributed by atoms with Crippen LogP contribution in [0.5, 0.6) is 0 Å². The number of aromatic nitrogens is 1. The van der Waals surface area contributed by atoms with Gasteiger partial charge in [0.05, 0.1) is 12.1 Å². The zero-order valence-electron chi connectivity index (χ0n) is 14.8. The Morgan fingerprint density at radius 3 is 2.56 bits per heavy atom. The summed E-state index contributed by atoms with van der Waals surface area (Å²) in [6, 6.07) is 12.1. The molecule has 25 heavy (non-hydrogen) atoms. The molecular formula is C22H19N2O+. The first-order valence-corrected chi connectivity index (χ1v) is 8.31. The van der Waals surface area contributed by atoms with E-state index in [9.17, 15) is 0 Å². The third kappa shape index (κ3) is 2.22. The zero-order valence-corrected chi connectivity index (χ0v) is 14.8. The third-order valence-corrected chi connectivity index (χ3v) is 4.97. The normalized spacial score (nSPS) is 11.2. The van der Waals surface area contributed by atoms with Gasteiger partial charge in [-0.15, -0.1) is 0 Å². The number of hydrogen-bond acceptors (Lipinski definition) is 1. The number of pyridine rings is 1. The minimum absolute atomic E-state index is 0.557. The van der Waals surface area contributed by atoms with Crippen LogP contribution in [0.25, 0.3) is 38.0 Å². The van der Waals surface area contributed by atoms with E-state index in [1.165, 1.54) is 22.3 Å². The van der Waals surface area contributed by atoms with E-state index in [0.717, 1.165) is 22.0 Å². The summed E-state index contributed by atoms with van der Waals surface area (Å²) in [5.41, 5.74) is 8.11. The maximum absolute atomic E-state index is 7.41. The van der Waals surface area contributed by atoms with Crippen molar-refractivity contribution in [2.45, 2.75) is 20.8 Å². The molecule has 2 aromatic carbocycles. The van der Waals surface area contributed by atoms with Gasteiger partial charge in [0.15, 0.2) is 6.20 Å². The topological polar surface area (TPSA) is 21.4 Å². The second-order valence-electron chi connectivity index (χ2n) is 6.63. The van der Waals surface area contributed by atoms with E-state index in [2.05, 4.69) is 55.6 Å². The van der Waals surface area contributed by atoms with Crippen LogP contribution in [0.2, 0.25) is 0 Å². The fourth-order valence-corrected chi connectivity index (χ4v) is 3.53. The van der Waals surface area contributed by atoms with E-state index in [1.807, 2.05) is 18.2 Å². The summed E-state index contributed by atoms with van der Waals surface area (Å²) >= 11 is 0. The lowest BCUT2D eigenvalue weighted by Gasteiger charge is -2.08. The van der Waals surface area contributed by atoms with Gasteiger partial charge in [-0.3, -0.25) is 0 Å². The Labute approximate surface area is 147 Å². The lowest BCUT2D eigenvalue weighted by Crippen LogP contribution is -2.31. The van der Waals surface area contributed by atoms with Crippen LogP contribution in [0.4, 0.5) is 5.69 Å². The van der Waals surface area contributed by atoms with Gasteiger partial charge in [-0.25, -0.2) is 9.41 Å². The van der Waals surface area contributed by atoms with Gasteiger partial charge in [-0.1, -0.05) is 24.3 Å². The quantitative estimate of drug-likeness (QED) is 0.331. The Balaban J connectivity index is 2.20. The molecule has 0 spiro atoms. The van der Waals surface area contributed by atoms with E-state index >= 15 is 0 Å². The lowest BCUT2D eigenvalue weighted by molar-refractivity contribution is -0.660. The standard InChI is InChI=1S/C22H19N2O/c1-13-9-10-19-21(16-7-6-8-17(23-4)22(16)25-19)20(13)18-11-14(2)15(3)12-24(18)5/h6-12H,1-3,5H3/q+1. The molecule has 4 aromatic rings. The minimum Gasteiger partial charge on any atom is -0.467 e. The van der Waals surface area contributed by atoms with E-state index in [-0.39, 0.29) is 0 Å². The second kappa shape index (κ2) is 5.46. The van der Waals surface area contributed by atoms with Gasteiger partial charge in [0.25, 0.3) is 0 Å². The number of nitrogens with zero attached hydrogens (tertiary/aromatic N) is 2. The molecule has 0 amide bonds. The summed E-state index contributed by atoms with van der Waals surface area (Å²) < 4.78 is 8.23. The van der Waals surface area contributed by atoms with E-state index in [1.54, 1.807) is 6.07 Å². The van der Waals surface area contributed by atoms with Crippen LogP contribution >= 0.6 is 0 Å². The van der Waals surface area contributed by atoms with Gasteiger partial charge in [-0.2, -0.15) is 0 Å². The SMILES string of the molecule is [C-]#[N+]c1cccc2c1oc1ccc(C)c(-c3cc(C)c(C)c[n+]3C)c12. The molecule has 0 fully saturated rings. The number of rotatable bonds is 1. The molecule has 3 heteroatoms. The summed E-state index contributed by atoms with van der Waals surface area (Å²) in [6.45, 7) is 13.8. The molecule has 122 valence electrons. The number of furan rings is 1. The maximum Gasteiger partial charge on any atom is 0.229 e. The highest BCUT2D eigenvalue weighted by Crippen LogP contribution is 2.40. The van der Waals surface area contributed by atoms with E-state index in [0.29, 0.717) is 11.3 Å². The van der Waals surface area contributed by atoms with Crippen molar-refractivity contribution in [3.05, 3.63) is 70.7 Å². The fraction of sp³-hybridized carbons (Fsp3) is 0.182. The minimum atomic E-state index is 0.557. The van der Waals surface area contributed by atoms with Gasteiger partial charge >= 0.3 is 0 Å². The number of fused-ring (bicyclic) bond motifs is 3. The van der Waals surface area contributed by atoms with Gasteiger partial charge in [0, 0.05) is 22.4 Å². The van der Waals surface area contributed by atoms with Crippen LogP contribution in [0.3, 0.4) is 0 Å². The Kier molecular flexibility index (Phi) is 3.36. The molecule has 0 saturated heterocycles. The van der Waals surface area contributed by atoms with Gasteiger partial charge < -0.3 is 4.42 Å². The third-order valence-electron chi connectivity index (χ3n) is 4.97. The van der Waals surface area contributed by atoms with Crippen LogP contribution in [-0.2, 0) is 7.05 Å². The van der Waals surface area contributed by atoms with Crippen molar-refractivity contribution < 1.29 is 8.98 Å². The average Bonchev–Trinajstić information content (AvgIpc) is 2.97. The molecule has 0 bridgehead atoms. The van der Waals surface area contributed by atoms with Crippen molar-refractivity contribution in [3.63, 3.8) is 0 Å². The first kappa shape index (κ1) is 15.4. The monoisotopic (exact) mass is 327 g/mol. The highest BCUT2D eigenvalue weighted by atomic mass is 16.3. The Bertz CT molecular complexity index is 1190. The van der Waals surface area contributed by atoms with Gasteiger partial charge in [0.2, 0.25) is 11.4 Å². The van der Waals surface area contributed by atoms with Crippen molar-refractivity contribution in [3.8, 4) is 11.3 Å². The average molecular weight is 327 g/mol. The molecule has 0 aliphatic rings. The van der Waals surface area contributed by atoms with Crippen LogP contribution < -0.4 is 4.57 Å². The summed E-state index contributed by atoms with van der Waals surface area (Å²) in [5.74, 6) is 0. The van der Waals surface area contributed by atoms with Crippen molar-refractivity contribution in [1.29, 1.82) is 0 Å². The molecule has 0 unspecified atom stereocenters. The van der Waals surface area contributed by atoms with Crippen LogP contribution in [0, 0.1) is 27.3 Å². The smallest absolute Gasteiger partial charge is 0.229 e. The molecule has 4 rings (SSSR count). The molecule has 2 heterocycles. The Morgan fingerprint density at radius 1 is 1.00 bits per heavy atom. The van der Waals surface area contributed by atoms with Crippen LogP contribution in [-0.4, -0.2) is 0 Å². The van der Waals surface area contributed by atoms with Crippen molar-refractivity contribution >= 4 is 27.6 Å². The molecule has 0 N–H and O–H groups in total. The summed E-state index contributed by atoms with van der Waals surface area (Å²) in [7, 11) is 2.08. The van der Waals surface area contributed by atoms with Gasteiger partial charge in [0.1, 0.15) is 18.2 Å². The van der Waals surface area contributed by atoms with Crippen molar-refractivity contribution in [2.24, 2.45) is 7.05 Å². The molecule has 0 atom stereocenters. The molecular weight excluding hydrogens is 308 g/mol. The van der Waals surface area contributed by atoms with E-state index < -0.39 is 0 Å². The zero-order chi connectivity index (χ0) is 17.7. The summed E-state index contributed by atoms with van der Waals surface area (Å²) in [6.07, 6.45) is 2.16. The number of benzene rings is 2. The largest absolute Gasteiger partial charge is 0.467 e. The Hall–Kier alpha value is -3.12. The van der Waals surface area contributed by atoms with Crippen LogP contribution in [0.1, 0.15) is 16.7 Å². The molecule has 0 saturated carbocycles. The molecule has 0 radical (unpaired) electrons. The fourth-order valence-electron chi connectivity index (χ4n) is 3.53. The highest BCUT2D eigenvalue weighted by molar-refractivity contribution is 6.15. The predicted molar refractivity (Wildman–Crippen MR) is 101 cm³/mol. The molecule has 3 nitrogen and oxygen atoms in total. The highest BCUT2D eigenvalue weighted by Gasteiger charge is 2.22. The van der Waals surface area contributed by atoms with Crippen molar-refractivity contribution in [2.75, 3.05) is 0 Å². The number of para-hydroxylation sites is 1.